The predicted molar refractivity (Wildman–Crippen MR) is 61.8 cm³/mol. The molecule has 16 heavy (non-hydrogen) atoms. The van der Waals surface area contributed by atoms with Gasteiger partial charge in [-0.25, -0.2) is 4.39 Å². The molecule has 1 aromatic carbocycles. The van der Waals surface area contributed by atoms with Crippen molar-refractivity contribution in [3.63, 3.8) is 0 Å². The van der Waals surface area contributed by atoms with Gasteiger partial charge in [0.2, 0.25) is 0 Å². The molecule has 4 heteroatoms. The average molecular weight is 239 g/mol. The first-order chi connectivity index (χ1) is 7.67. The van der Waals surface area contributed by atoms with Crippen LogP contribution in [0.5, 0.6) is 0 Å². The topological polar surface area (TPSA) is 35.8 Å². The van der Waals surface area contributed by atoms with Crippen LogP contribution in [0, 0.1) is 22.6 Å². The molecular formula is C12H12ClFN2. The van der Waals surface area contributed by atoms with E-state index in [1.165, 1.54) is 6.07 Å². The van der Waals surface area contributed by atoms with Crippen molar-refractivity contribution in [3.8, 4) is 6.07 Å². The molecule has 0 atom stereocenters. The number of anilines is 1. The number of nitrogens with zero attached hydrogens (tertiary/aromatic N) is 1. The maximum absolute atomic E-state index is 13.5. The summed E-state index contributed by atoms with van der Waals surface area (Å²) >= 11 is 5.67. The Morgan fingerprint density at radius 2 is 2.25 bits per heavy atom. The highest BCUT2D eigenvalue weighted by Crippen LogP contribution is 2.48. The van der Waals surface area contributed by atoms with E-state index in [4.69, 9.17) is 16.9 Å². The molecular weight excluding hydrogens is 227 g/mol. The van der Waals surface area contributed by atoms with Gasteiger partial charge in [0.1, 0.15) is 0 Å². The lowest BCUT2D eigenvalue weighted by molar-refractivity contribution is 0.553. The molecule has 84 valence electrons. The Bertz CT molecular complexity index is 435. The minimum atomic E-state index is -0.420. The summed E-state index contributed by atoms with van der Waals surface area (Å²) in [6.45, 7) is 0.637. The zero-order valence-corrected chi connectivity index (χ0v) is 9.52. The van der Waals surface area contributed by atoms with E-state index in [1.807, 2.05) is 0 Å². The number of halogens is 2. The number of rotatable bonds is 4. The monoisotopic (exact) mass is 238 g/mol. The van der Waals surface area contributed by atoms with E-state index in [0.29, 0.717) is 18.7 Å². The maximum atomic E-state index is 13.5. The van der Waals surface area contributed by atoms with Crippen molar-refractivity contribution >= 4 is 17.3 Å². The third-order valence-corrected chi connectivity index (χ3v) is 3.31. The summed E-state index contributed by atoms with van der Waals surface area (Å²) in [5, 5.41) is 11.8. The summed E-state index contributed by atoms with van der Waals surface area (Å²) in [5.74, 6) is -0.420. The Labute approximate surface area is 99.0 Å². The fourth-order valence-electron chi connectivity index (χ4n) is 1.68. The van der Waals surface area contributed by atoms with Crippen LogP contribution in [0.1, 0.15) is 19.3 Å². The zero-order valence-electron chi connectivity index (χ0n) is 8.76. The van der Waals surface area contributed by atoms with Crippen molar-refractivity contribution in [3.05, 3.63) is 29.0 Å². The molecule has 0 aromatic heterocycles. The van der Waals surface area contributed by atoms with Crippen molar-refractivity contribution < 1.29 is 4.39 Å². The van der Waals surface area contributed by atoms with Crippen LogP contribution < -0.4 is 5.32 Å². The highest BCUT2D eigenvalue weighted by molar-refractivity contribution is 6.31. The van der Waals surface area contributed by atoms with Gasteiger partial charge in [-0.15, -0.1) is 0 Å². The molecule has 0 bridgehead atoms. The average Bonchev–Trinajstić information content (AvgIpc) is 3.02. The van der Waals surface area contributed by atoms with Crippen molar-refractivity contribution in [2.24, 2.45) is 5.41 Å². The number of hydrogen-bond acceptors (Lipinski definition) is 2. The molecule has 2 rings (SSSR count). The zero-order chi connectivity index (χ0) is 11.6. The van der Waals surface area contributed by atoms with E-state index in [2.05, 4.69) is 11.4 Å². The van der Waals surface area contributed by atoms with Crippen LogP contribution in [0.3, 0.4) is 0 Å². The fraction of sp³-hybridized carbons (Fsp3) is 0.417. The minimum Gasteiger partial charge on any atom is -0.382 e. The van der Waals surface area contributed by atoms with E-state index in [0.717, 1.165) is 12.8 Å². The summed E-state index contributed by atoms with van der Waals surface area (Å²) < 4.78 is 13.5. The summed E-state index contributed by atoms with van der Waals surface area (Å²) in [7, 11) is 0. The van der Waals surface area contributed by atoms with E-state index < -0.39 is 5.82 Å². The molecule has 0 spiro atoms. The Morgan fingerprint density at radius 1 is 1.50 bits per heavy atom. The van der Waals surface area contributed by atoms with Gasteiger partial charge < -0.3 is 5.32 Å². The molecule has 1 fully saturated rings. The normalized spacial score (nSPS) is 16.6. The van der Waals surface area contributed by atoms with Crippen LogP contribution in [0.4, 0.5) is 10.1 Å². The SMILES string of the molecule is N#CCC1(CNc2cccc(Cl)c2F)CC1. The molecule has 0 radical (unpaired) electrons. The first kappa shape index (κ1) is 11.2. The first-order valence-electron chi connectivity index (χ1n) is 5.22. The number of nitrogens with one attached hydrogen (secondary N) is 1. The molecule has 1 N–H and O–H groups in total. The van der Waals surface area contributed by atoms with Crippen LogP contribution >= 0.6 is 11.6 Å². The fourth-order valence-corrected chi connectivity index (χ4v) is 1.86. The van der Waals surface area contributed by atoms with Crippen LogP contribution in [0.25, 0.3) is 0 Å². The van der Waals surface area contributed by atoms with Crippen molar-refractivity contribution in [2.75, 3.05) is 11.9 Å². The predicted octanol–water partition coefficient (Wildman–Crippen LogP) is 3.58. The van der Waals surface area contributed by atoms with Gasteiger partial charge in [-0.05, 0) is 25.0 Å². The molecule has 1 aromatic rings. The molecule has 0 aliphatic heterocycles. The lowest BCUT2D eigenvalue weighted by atomic mass is 10.0. The van der Waals surface area contributed by atoms with Gasteiger partial charge in [-0.3, -0.25) is 0 Å². The molecule has 1 saturated carbocycles. The third-order valence-electron chi connectivity index (χ3n) is 3.02. The second-order valence-electron chi connectivity index (χ2n) is 4.29. The van der Waals surface area contributed by atoms with Gasteiger partial charge in [0, 0.05) is 18.4 Å². The third kappa shape index (κ3) is 2.28. The van der Waals surface area contributed by atoms with E-state index in [-0.39, 0.29) is 10.4 Å². The molecule has 1 aliphatic rings. The number of benzene rings is 1. The molecule has 1 aliphatic carbocycles. The summed E-state index contributed by atoms with van der Waals surface area (Å²) in [5.41, 5.74) is 0.473. The van der Waals surface area contributed by atoms with E-state index in [9.17, 15) is 4.39 Å². The van der Waals surface area contributed by atoms with Gasteiger partial charge >= 0.3 is 0 Å². The van der Waals surface area contributed by atoms with Crippen LogP contribution in [-0.4, -0.2) is 6.54 Å². The van der Waals surface area contributed by atoms with Gasteiger partial charge in [0.05, 0.1) is 16.8 Å². The van der Waals surface area contributed by atoms with Gasteiger partial charge in [0.25, 0.3) is 0 Å². The van der Waals surface area contributed by atoms with Crippen molar-refractivity contribution in [2.45, 2.75) is 19.3 Å². The van der Waals surface area contributed by atoms with Gasteiger partial charge in [0.15, 0.2) is 5.82 Å². The lowest BCUT2D eigenvalue weighted by Gasteiger charge is -2.14. The molecule has 0 amide bonds. The maximum Gasteiger partial charge on any atom is 0.164 e. The molecule has 0 unspecified atom stereocenters. The summed E-state index contributed by atoms with van der Waals surface area (Å²) in [6, 6.07) is 7.05. The Kier molecular flexibility index (Phi) is 3.02. The highest BCUT2D eigenvalue weighted by Gasteiger charge is 2.42. The van der Waals surface area contributed by atoms with E-state index in [1.54, 1.807) is 12.1 Å². The Balaban J connectivity index is 2.00. The smallest absolute Gasteiger partial charge is 0.164 e. The Morgan fingerprint density at radius 3 is 2.88 bits per heavy atom. The van der Waals surface area contributed by atoms with Gasteiger partial charge in [-0.1, -0.05) is 17.7 Å². The minimum absolute atomic E-state index is 0.0590. The van der Waals surface area contributed by atoms with Crippen molar-refractivity contribution in [1.82, 2.24) is 0 Å². The summed E-state index contributed by atoms with van der Waals surface area (Å²) in [4.78, 5) is 0. The lowest BCUT2D eigenvalue weighted by Crippen LogP contribution is -2.15. The Hall–Kier alpha value is -1.27. The second-order valence-corrected chi connectivity index (χ2v) is 4.70. The van der Waals surface area contributed by atoms with Gasteiger partial charge in [-0.2, -0.15) is 5.26 Å². The number of hydrogen-bond donors (Lipinski definition) is 1. The standard InChI is InChI=1S/C12H12ClFN2/c13-9-2-1-3-10(11(9)14)16-8-12(4-5-12)6-7-15/h1-3,16H,4-6,8H2. The highest BCUT2D eigenvalue weighted by atomic mass is 35.5. The van der Waals surface area contributed by atoms with Crippen LogP contribution in [0.2, 0.25) is 5.02 Å². The molecule has 0 heterocycles. The van der Waals surface area contributed by atoms with E-state index >= 15 is 0 Å². The quantitative estimate of drug-likeness (QED) is 0.870. The number of nitriles is 1. The molecule has 0 saturated heterocycles. The largest absolute Gasteiger partial charge is 0.382 e. The molecule has 2 nitrogen and oxygen atoms in total. The van der Waals surface area contributed by atoms with Crippen LogP contribution in [-0.2, 0) is 0 Å². The summed E-state index contributed by atoms with van der Waals surface area (Å²) in [6.07, 6.45) is 2.60. The second kappa shape index (κ2) is 4.31. The van der Waals surface area contributed by atoms with Crippen LogP contribution in [0.15, 0.2) is 18.2 Å². The first-order valence-corrected chi connectivity index (χ1v) is 5.59. The van der Waals surface area contributed by atoms with Crippen molar-refractivity contribution in [1.29, 1.82) is 5.26 Å².